The molecule has 0 aliphatic carbocycles. The predicted molar refractivity (Wildman–Crippen MR) is 93.6 cm³/mol. The Morgan fingerprint density at radius 2 is 2.11 bits per heavy atom. The molecule has 0 saturated carbocycles. The van der Waals surface area contributed by atoms with Crippen molar-refractivity contribution in [1.29, 1.82) is 0 Å². The number of hydrogen-bond acceptors (Lipinski definition) is 5. The first-order valence-electron chi connectivity index (χ1n) is 8.42. The number of halogens is 3. The largest absolute Gasteiger partial charge is 0.493 e. The Morgan fingerprint density at radius 3 is 2.93 bits per heavy atom. The molecule has 4 rings (SSSR count). The molecule has 10 heteroatoms. The molecule has 0 unspecified atom stereocenters. The Balaban J connectivity index is 1.64. The molecule has 0 radical (unpaired) electrons. The van der Waals surface area contributed by atoms with E-state index >= 15 is 0 Å². The van der Waals surface area contributed by atoms with Crippen LogP contribution in [0.2, 0.25) is 0 Å². The highest BCUT2D eigenvalue weighted by Crippen LogP contribution is 2.38. The Bertz CT molecular complexity index is 1070. The molecule has 1 aliphatic rings. The van der Waals surface area contributed by atoms with Crippen molar-refractivity contribution in [2.24, 2.45) is 0 Å². The van der Waals surface area contributed by atoms with Gasteiger partial charge in [-0.05, 0) is 36.6 Å². The molecule has 7 nitrogen and oxygen atoms in total. The molecule has 1 amide bonds. The first-order chi connectivity index (χ1) is 13.4. The second-order valence-corrected chi connectivity index (χ2v) is 6.12. The average Bonchev–Trinajstić information content (AvgIpc) is 3.05. The lowest BCUT2D eigenvalue weighted by Crippen LogP contribution is -2.13. The molecular formula is C18H14F3N5O2. The van der Waals surface area contributed by atoms with Crippen molar-refractivity contribution in [3.05, 3.63) is 54.0 Å². The lowest BCUT2D eigenvalue weighted by atomic mass is 9.99. The van der Waals surface area contributed by atoms with E-state index in [0.717, 1.165) is 12.1 Å². The van der Waals surface area contributed by atoms with Gasteiger partial charge < -0.3 is 10.1 Å². The Hall–Kier alpha value is -3.43. The van der Waals surface area contributed by atoms with E-state index in [4.69, 9.17) is 4.74 Å². The lowest BCUT2D eigenvalue weighted by Gasteiger charge is -2.13. The van der Waals surface area contributed by atoms with Gasteiger partial charge in [-0.2, -0.15) is 27.8 Å². The van der Waals surface area contributed by atoms with Gasteiger partial charge in [0.25, 0.3) is 5.78 Å². The minimum atomic E-state index is -4.46. The topological polar surface area (TPSA) is 81.4 Å². The monoisotopic (exact) mass is 389 g/mol. The first kappa shape index (κ1) is 18.0. The van der Waals surface area contributed by atoms with Crippen molar-refractivity contribution < 1.29 is 22.7 Å². The minimum absolute atomic E-state index is 0.119. The fraction of sp³-hybridized carbons (Fsp3) is 0.222. The number of aromatic nitrogens is 4. The average molecular weight is 389 g/mol. The number of nitrogens with one attached hydrogen (secondary N) is 1. The molecule has 1 aromatic carbocycles. The Labute approximate surface area is 156 Å². The fourth-order valence-electron chi connectivity index (χ4n) is 2.97. The number of rotatable bonds is 2. The molecule has 0 bridgehead atoms. The summed E-state index contributed by atoms with van der Waals surface area (Å²) in [4.78, 5) is 20.5. The molecule has 1 aliphatic heterocycles. The predicted octanol–water partition coefficient (Wildman–Crippen LogP) is 3.34. The van der Waals surface area contributed by atoms with E-state index in [0.29, 0.717) is 35.6 Å². The van der Waals surface area contributed by atoms with E-state index in [1.165, 1.54) is 29.2 Å². The van der Waals surface area contributed by atoms with Crippen LogP contribution >= 0.6 is 0 Å². The summed E-state index contributed by atoms with van der Waals surface area (Å²) in [5.41, 5.74) is 0.284. The molecule has 3 heterocycles. The third-order valence-electron chi connectivity index (χ3n) is 4.24. The number of ether oxygens (including phenoxy) is 1. The van der Waals surface area contributed by atoms with Gasteiger partial charge in [-0.15, -0.1) is 0 Å². The highest BCUT2D eigenvalue weighted by Gasteiger charge is 2.32. The van der Waals surface area contributed by atoms with Gasteiger partial charge in [0.15, 0.2) is 0 Å². The van der Waals surface area contributed by atoms with Gasteiger partial charge in [-0.3, -0.25) is 4.79 Å². The Morgan fingerprint density at radius 1 is 1.25 bits per heavy atom. The van der Waals surface area contributed by atoms with E-state index in [2.05, 4.69) is 20.4 Å². The molecular weight excluding hydrogens is 375 g/mol. The zero-order valence-corrected chi connectivity index (χ0v) is 14.4. The second-order valence-electron chi connectivity index (χ2n) is 6.12. The van der Waals surface area contributed by atoms with Gasteiger partial charge >= 0.3 is 6.18 Å². The zero-order chi connectivity index (χ0) is 19.7. The van der Waals surface area contributed by atoms with Crippen molar-refractivity contribution >= 4 is 23.1 Å². The maximum absolute atomic E-state index is 13.0. The van der Waals surface area contributed by atoms with Crippen LogP contribution in [0.15, 0.2) is 42.9 Å². The van der Waals surface area contributed by atoms with Gasteiger partial charge in [0, 0.05) is 17.8 Å². The number of allylic oxidation sites excluding steroid dienone is 1. The highest BCUT2D eigenvalue weighted by molar-refractivity contribution is 6.04. The van der Waals surface area contributed by atoms with E-state index < -0.39 is 17.6 Å². The number of carbonyl (C=O) groups excluding carboxylic acids is 1. The smallest absolute Gasteiger partial charge is 0.416 e. The standard InChI is InChI=1S/C18H14F3N5O2/c19-18(20,21)12-3-4-13-11(2-1-7-28-14(13)9-12)8-16(27)25-15-5-6-22-17-23-10-24-26(15)17/h3-6,8-10H,1-2,7H2,(H,25,27). The summed E-state index contributed by atoms with van der Waals surface area (Å²) in [7, 11) is 0. The van der Waals surface area contributed by atoms with Crippen LogP contribution < -0.4 is 10.1 Å². The van der Waals surface area contributed by atoms with E-state index in [1.807, 2.05) is 0 Å². The van der Waals surface area contributed by atoms with E-state index in [-0.39, 0.29) is 12.4 Å². The number of carbonyl (C=O) groups is 1. The normalized spacial score (nSPS) is 15.8. The van der Waals surface area contributed by atoms with Crippen LogP contribution in [0.1, 0.15) is 24.0 Å². The summed E-state index contributed by atoms with van der Waals surface area (Å²) in [6.07, 6.45) is 0.785. The SMILES string of the molecule is O=C(C=C1CCCOc2cc(C(F)(F)F)ccc21)Nc1ccnc2ncnn12. The van der Waals surface area contributed by atoms with Crippen molar-refractivity contribution in [3.8, 4) is 5.75 Å². The summed E-state index contributed by atoms with van der Waals surface area (Å²) in [5, 5.41) is 6.67. The van der Waals surface area contributed by atoms with E-state index in [1.54, 1.807) is 6.07 Å². The van der Waals surface area contributed by atoms with Crippen molar-refractivity contribution in [3.63, 3.8) is 0 Å². The summed E-state index contributed by atoms with van der Waals surface area (Å²) in [6.45, 7) is 0.275. The van der Waals surface area contributed by atoms with Gasteiger partial charge in [0.1, 0.15) is 17.9 Å². The molecule has 144 valence electrons. The minimum Gasteiger partial charge on any atom is -0.493 e. The van der Waals surface area contributed by atoms with Gasteiger partial charge in [-0.25, -0.2) is 4.98 Å². The molecule has 0 spiro atoms. The second kappa shape index (κ2) is 6.95. The number of alkyl halides is 3. The van der Waals surface area contributed by atoms with Crippen LogP contribution in [0.4, 0.5) is 19.0 Å². The third kappa shape index (κ3) is 3.53. The van der Waals surface area contributed by atoms with E-state index in [9.17, 15) is 18.0 Å². The Kier molecular flexibility index (Phi) is 4.46. The van der Waals surface area contributed by atoms with Gasteiger partial charge in [0.05, 0.1) is 12.2 Å². The van der Waals surface area contributed by atoms with Crippen molar-refractivity contribution in [2.75, 3.05) is 11.9 Å². The van der Waals surface area contributed by atoms with Crippen molar-refractivity contribution in [2.45, 2.75) is 19.0 Å². The summed E-state index contributed by atoms with van der Waals surface area (Å²) < 4.78 is 45.7. The summed E-state index contributed by atoms with van der Waals surface area (Å²) >= 11 is 0. The molecule has 2 aromatic heterocycles. The van der Waals surface area contributed by atoms with Crippen LogP contribution in [-0.2, 0) is 11.0 Å². The maximum atomic E-state index is 13.0. The quantitative estimate of drug-likeness (QED) is 0.680. The van der Waals surface area contributed by atoms with Crippen LogP contribution in [0.5, 0.6) is 5.75 Å². The number of nitrogens with zero attached hydrogens (tertiary/aromatic N) is 4. The lowest BCUT2D eigenvalue weighted by molar-refractivity contribution is -0.137. The zero-order valence-electron chi connectivity index (χ0n) is 14.4. The summed E-state index contributed by atoms with van der Waals surface area (Å²) in [6, 6.07) is 4.86. The van der Waals surface area contributed by atoms with Crippen LogP contribution in [0.3, 0.4) is 0 Å². The number of benzene rings is 1. The van der Waals surface area contributed by atoms with Gasteiger partial charge in [0.2, 0.25) is 5.91 Å². The van der Waals surface area contributed by atoms with Crippen molar-refractivity contribution in [1.82, 2.24) is 19.6 Å². The fourth-order valence-corrected chi connectivity index (χ4v) is 2.97. The van der Waals surface area contributed by atoms with Crippen LogP contribution in [0, 0.1) is 0 Å². The number of hydrogen-bond donors (Lipinski definition) is 1. The number of anilines is 1. The number of amides is 1. The third-order valence-corrected chi connectivity index (χ3v) is 4.24. The molecule has 28 heavy (non-hydrogen) atoms. The molecule has 0 fully saturated rings. The van der Waals surface area contributed by atoms with Crippen LogP contribution in [-0.4, -0.2) is 32.1 Å². The first-order valence-corrected chi connectivity index (χ1v) is 8.42. The molecule has 0 atom stereocenters. The highest BCUT2D eigenvalue weighted by atomic mass is 19.4. The summed E-state index contributed by atoms with van der Waals surface area (Å²) in [5.74, 6) is 0.389. The maximum Gasteiger partial charge on any atom is 0.416 e. The molecule has 0 saturated heterocycles. The van der Waals surface area contributed by atoms with Gasteiger partial charge in [-0.1, -0.05) is 6.07 Å². The molecule has 3 aromatic rings. The number of fused-ring (bicyclic) bond motifs is 2. The van der Waals surface area contributed by atoms with Crippen LogP contribution in [0.25, 0.3) is 11.4 Å². The molecule has 1 N–H and O–H groups in total.